The second-order valence-corrected chi connectivity index (χ2v) is 14.7. The molecule has 12 heteroatoms. The number of esters is 1. The van der Waals surface area contributed by atoms with Gasteiger partial charge in [-0.25, -0.2) is 19.6 Å². The van der Waals surface area contributed by atoms with Gasteiger partial charge in [-0.15, -0.1) is 6.58 Å². The van der Waals surface area contributed by atoms with Gasteiger partial charge in [0, 0.05) is 12.0 Å². The number of rotatable bonds is 15. The first-order valence-electron chi connectivity index (χ1n) is 17.0. The molecule has 1 aromatic heterocycles. The molecule has 2 aromatic rings. The fraction of sp³-hybridized carbons (Fsp3) is 0.639. The third-order valence-corrected chi connectivity index (χ3v) is 9.08. The molecule has 4 rings (SSSR count). The number of halogens is 1. The Bertz CT molecular complexity index is 1460. The smallest absolute Gasteiger partial charge is 0.408 e. The topological polar surface area (TPSA) is 129 Å². The Morgan fingerprint density at radius 1 is 1.15 bits per heavy atom. The van der Waals surface area contributed by atoms with E-state index in [2.05, 4.69) is 21.9 Å². The zero-order chi connectivity index (χ0) is 35.2. The van der Waals surface area contributed by atoms with Gasteiger partial charge in [-0.05, 0) is 61.5 Å². The number of aromatic nitrogens is 2. The Morgan fingerprint density at radius 3 is 2.54 bits per heavy atom. The van der Waals surface area contributed by atoms with Crippen LogP contribution in [0, 0.1) is 23.2 Å². The van der Waals surface area contributed by atoms with Crippen molar-refractivity contribution in [3.05, 3.63) is 36.0 Å². The highest BCUT2D eigenvalue weighted by molar-refractivity contribution is 6.31. The number of alkyl carbamates (subject to hydrolysis) is 1. The van der Waals surface area contributed by atoms with Gasteiger partial charge in [0.05, 0.1) is 31.3 Å². The number of methoxy groups -OCH3 is 1. The van der Waals surface area contributed by atoms with Crippen molar-refractivity contribution in [2.24, 2.45) is 23.2 Å². The van der Waals surface area contributed by atoms with Gasteiger partial charge in [0.25, 0.3) is 5.88 Å². The summed E-state index contributed by atoms with van der Waals surface area (Å²) >= 11 is 6.55. The molecule has 2 amide bonds. The van der Waals surface area contributed by atoms with Gasteiger partial charge >= 0.3 is 12.1 Å². The standard InChI is InChI=1S/C36H51ClN4O7/c1-9-11-12-14-22-17-27(22)48-35(44)40-30(36(5,6)7)33(42)41-19-28(24(13-10-2)29(41)34(43)46-20-21(3)4)47-32-31(37)38-25-16-15-23(45-8)18-26(25)39-32/h9,15-16,18,21-22,24,27-30H,1,10-14,17,19-20H2,2-8H3,(H,40,44). The molecule has 1 N–H and O–H groups in total. The average Bonchev–Trinajstić information content (AvgIpc) is 3.66. The quantitative estimate of drug-likeness (QED) is 0.123. The molecular formula is C36H51ClN4O7. The van der Waals surface area contributed by atoms with Crippen LogP contribution in [0.4, 0.5) is 4.79 Å². The SMILES string of the molecule is C=CCCCC1CC1OC(=O)NC(C(=O)N1CC(Oc2nc3cc(OC)ccc3nc2Cl)C(CCC)C1C(=O)OCC(C)C)C(C)(C)C. The summed E-state index contributed by atoms with van der Waals surface area (Å²) in [5.41, 5.74) is 0.381. The Hall–Kier alpha value is -3.60. The van der Waals surface area contributed by atoms with Crippen molar-refractivity contribution in [1.29, 1.82) is 0 Å². The predicted octanol–water partition coefficient (Wildman–Crippen LogP) is 6.75. The summed E-state index contributed by atoms with van der Waals surface area (Å²) in [7, 11) is 1.56. The second kappa shape index (κ2) is 16.2. The number of ether oxygens (including phenoxy) is 4. The van der Waals surface area contributed by atoms with Gasteiger partial charge in [-0.1, -0.05) is 65.6 Å². The van der Waals surface area contributed by atoms with E-state index in [-0.39, 0.29) is 36.2 Å². The molecule has 0 radical (unpaired) electrons. The summed E-state index contributed by atoms with van der Waals surface area (Å²) in [5, 5.41) is 2.90. The minimum atomic E-state index is -0.985. The van der Waals surface area contributed by atoms with E-state index in [9.17, 15) is 14.4 Å². The van der Waals surface area contributed by atoms with Crippen LogP contribution >= 0.6 is 11.6 Å². The first-order chi connectivity index (χ1) is 22.8. The number of benzene rings is 1. The van der Waals surface area contributed by atoms with Crippen LogP contribution in [0.5, 0.6) is 11.6 Å². The van der Waals surface area contributed by atoms with Crippen molar-refractivity contribution in [3.63, 3.8) is 0 Å². The van der Waals surface area contributed by atoms with Gasteiger partial charge in [0.1, 0.15) is 30.0 Å². The molecule has 0 spiro atoms. The molecule has 1 saturated carbocycles. The molecule has 1 aliphatic heterocycles. The van der Waals surface area contributed by atoms with Crippen molar-refractivity contribution >= 4 is 40.6 Å². The summed E-state index contributed by atoms with van der Waals surface area (Å²) in [6, 6.07) is 3.32. The summed E-state index contributed by atoms with van der Waals surface area (Å²) < 4.78 is 23.2. The predicted molar refractivity (Wildman–Crippen MR) is 184 cm³/mol. The highest BCUT2D eigenvalue weighted by Gasteiger charge is 2.52. The van der Waals surface area contributed by atoms with Gasteiger partial charge in [0.2, 0.25) is 5.91 Å². The minimum Gasteiger partial charge on any atom is -0.497 e. The number of hydrogen-bond acceptors (Lipinski definition) is 9. The zero-order valence-electron chi connectivity index (χ0n) is 29.3. The van der Waals surface area contributed by atoms with Crippen LogP contribution in [-0.2, 0) is 19.1 Å². The van der Waals surface area contributed by atoms with Crippen molar-refractivity contribution in [3.8, 4) is 11.6 Å². The van der Waals surface area contributed by atoms with E-state index in [4.69, 9.17) is 30.5 Å². The third-order valence-electron chi connectivity index (χ3n) is 8.84. The Balaban J connectivity index is 1.61. The lowest BCUT2D eigenvalue weighted by atomic mass is 9.85. The fourth-order valence-corrected chi connectivity index (χ4v) is 6.36. The maximum absolute atomic E-state index is 14.5. The van der Waals surface area contributed by atoms with Crippen LogP contribution in [-0.4, -0.2) is 77.4 Å². The maximum atomic E-state index is 14.5. The van der Waals surface area contributed by atoms with E-state index in [1.54, 1.807) is 25.3 Å². The number of likely N-dealkylation sites (tertiary alicyclic amines) is 1. The zero-order valence-corrected chi connectivity index (χ0v) is 30.0. The highest BCUT2D eigenvalue weighted by Crippen LogP contribution is 2.39. The van der Waals surface area contributed by atoms with Crippen LogP contribution in [0.2, 0.25) is 5.15 Å². The number of unbranched alkanes of at least 4 members (excludes halogenated alkanes) is 1. The summed E-state index contributed by atoms with van der Waals surface area (Å²) in [6.45, 7) is 15.5. The summed E-state index contributed by atoms with van der Waals surface area (Å²) in [5.74, 6) is -0.266. The van der Waals surface area contributed by atoms with Crippen LogP contribution in [0.3, 0.4) is 0 Å². The van der Waals surface area contributed by atoms with Gasteiger partial charge in [0.15, 0.2) is 5.15 Å². The van der Waals surface area contributed by atoms with Gasteiger partial charge in [-0.2, -0.15) is 0 Å². The number of carbonyl (C=O) groups excluding carboxylic acids is 3. The summed E-state index contributed by atoms with van der Waals surface area (Å²) in [6.07, 6.45) is 5.37. The maximum Gasteiger partial charge on any atom is 0.408 e. The van der Waals surface area contributed by atoms with Crippen LogP contribution in [0.1, 0.15) is 80.1 Å². The lowest BCUT2D eigenvalue weighted by molar-refractivity contribution is -0.157. The number of amides is 2. The van der Waals surface area contributed by atoms with Crippen molar-refractivity contribution in [2.45, 2.75) is 104 Å². The molecule has 1 aliphatic carbocycles. The lowest BCUT2D eigenvalue weighted by Crippen LogP contribution is -2.57. The van der Waals surface area contributed by atoms with Crippen LogP contribution < -0.4 is 14.8 Å². The molecule has 1 aromatic carbocycles. The third kappa shape index (κ3) is 9.30. The Morgan fingerprint density at radius 2 is 1.90 bits per heavy atom. The van der Waals surface area contributed by atoms with Crippen LogP contribution in [0.25, 0.3) is 11.0 Å². The number of nitrogens with zero attached hydrogens (tertiary/aromatic N) is 3. The van der Waals surface area contributed by atoms with E-state index in [0.717, 1.165) is 32.1 Å². The van der Waals surface area contributed by atoms with E-state index in [0.29, 0.717) is 29.1 Å². The van der Waals surface area contributed by atoms with Crippen molar-refractivity contribution < 1.29 is 33.3 Å². The highest BCUT2D eigenvalue weighted by atomic mass is 35.5. The minimum absolute atomic E-state index is 0.0520. The largest absolute Gasteiger partial charge is 0.497 e. The monoisotopic (exact) mass is 686 g/mol. The average molecular weight is 687 g/mol. The molecule has 2 fully saturated rings. The number of allylic oxidation sites excluding steroid dienone is 1. The van der Waals surface area contributed by atoms with E-state index in [1.165, 1.54) is 4.90 Å². The molecule has 6 atom stereocenters. The first-order valence-corrected chi connectivity index (χ1v) is 17.4. The number of nitrogens with one attached hydrogen (secondary N) is 1. The molecule has 2 heterocycles. The summed E-state index contributed by atoms with van der Waals surface area (Å²) in [4.78, 5) is 52.0. The second-order valence-electron chi connectivity index (χ2n) is 14.3. The molecular weight excluding hydrogens is 636 g/mol. The van der Waals surface area contributed by atoms with E-state index >= 15 is 0 Å². The fourth-order valence-electron chi connectivity index (χ4n) is 6.18. The Kier molecular flexibility index (Phi) is 12.6. The lowest BCUT2D eigenvalue weighted by Gasteiger charge is -2.35. The molecule has 0 bridgehead atoms. The molecule has 264 valence electrons. The first kappa shape index (κ1) is 37.2. The number of fused-ring (bicyclic) bond motifs is 1. The number of carbonyl (C=O) groups is 3. The number of hydrogen-bond donors (Lipinski definition) is 1. The molecule has 6 unspecified atom stereocenters. The molecule has 11 nitrogen and oxygen atoms in total. The van der Waals surface area contributed by atoms with Crippen molar-refractivity contribution in [2.75, 3.05) is 20.3 Å². The van der Waals surface area contributed by atoms with Crippen LogP contribution in [0.15, 0.2) is 30.9 Å². The van der Waals surface area contributed by atoms with Gasteiger partial charge in [-0.3, -0.25) is 4.79 Å². The molecule has 2 aliphatic rings. The molecule has 1 saturated heterocycles. The van der Waals surface area contributed by atoms with E-state index < -0.39 is 47.5 Å². The van der Waals surface area contributed by atoms with E-state index in [1.807, 2.05) is 47.6 Å². The van der Waals surface area contributed by atoms with Crippen molar-refractivity contribution in [1.82, 2.24) is 20.2 Å². The Labute approximate surface area is 289 Å². The van der Waals surface area contributed by atoms with Gasteiger partial charge < -0.3 is 29.2 Å². The normalized spacial score (nSPS) is 22.7. The molecule has 48 heavy (non-hydrogen) atoms.